The van der Waals surface area contributed by atoms with Crippen LogP contribution in [0.2, 0.25) is 0 Å². The number of nitrogens with one attached hydrogen (secondary N) is 1. The highest BCUT2D eigenvalue weighted by Crippen LogP contribution is 2.23. The Hall–Kier alpha value is -2.34. The molecule has 10 nitrogen and oxygen atoms in total. The fraction of sp³-hybridized carbons (Fsp3) is 0.500. The fourth-order valence-electron chi connectivity index (χ4n) is 3.22. The van der Waals surface area contributed by atoms with E-state index in [1.165, 1.54) is 16.4 Å². The minimum atomic E-state index is -3.57. The van der Waals surface area contributed by atoms with Gasteiger partial charge in [-0.1, -0.05) is 0 Å². The number of carbonyl (C=O) groups is 1. The van der Waals surface area contributed by atoms with E-state index in [0.29, 0.717) is 45.0 Å². The summed E-state index contributed by atoms with van der Waals surface area (Å²) in [5.41, 5.74) is 0.525. The highest BCUT2D eigenvalue weighted by Gasteiger charge is 2.26. The van der Waals surface area contributed by atoms with E-state index in [4.69, 9.17) is 13.9 Å². The lowest BCUT2D eigenvalue weighted by atomic mass is 10.2. The molecule has 0 bridgehead atoms. The van der Waals surface area contributed by atoms with E-state index in [1.807, 2.05) is 0 Å². The van der Waals surface area contributed by atoms with Crippen LogP contribution in [0.25, 0.3) is 11.5 Å². The molecule has 1 aromatic heterocycles. The van der Waals surface area contributed by atoms with Crippen molar-refractivity contribution < 1.29 is 27.1 Å². The monoisotopic (exact) mass is 422 g/mol. The molecule has 2 saturated heterocycles. The first kappa shape index (κ1) is 20.0. The summed E-state index contributed by atoms with van der Waals surface area (Å²) in [5, 5.41) is 10.4. The van der Waals surface area contributed by atoms with Crippen molar-refractivity contribution in [1.29, 1.82) is 0 Å². The number of benzene rings is 1. The average molecular weight is 422 g/mol. The second kappa shape index (κ2) is 8.57. The van der Waals surface area contributed by atoms with Crippen molar-refractivity contribution >= 4 is 15.9 Å². The van der Waals surface area contributed by atoms with Crippen LogP contribution in [-0.4, -0.2) is 74.4 Å². The Balaban J connectivity index is 1.42. The van der Waals surface area contributed by atoms with E-state index in [-0.39, 0.29) is 22.8 Å². The molecule has 0 saturated carbocycles. The number of amides is 1. The summed E-state index contributed by atoms with van der Waals surface area (Å²) in [7, 11) is -3.57. The SMILES string of the molecule is O=C(NCC1CCCO1)c1nnc(-c2ccc(S(=O)(=O)N3CCOCC3)cc2)o1. The van der Waals surface area contributed by atoms with E-state index in [2.05, 4.69) is 15.5 Å². The predicted octanol–water partition coefficient (Wildman–Crippen LogP) is 0.666. The molecular weight excluding hydrogens is 400 g/mol. The molecule has 29 heavy (non-hydrogen) atoms. The molecular formula is C18H22N4O6S. The highest BCUT2D eigenvalue weighted by atomic mass is 32.2. The Morgan fingerprint density at radius 1 is 1.14 bits per heavy atom. The molecule has 0 spiro atoms. The van der Waals surface area contributed by atoms with Crippen molar-refractivity contribution in [3.63, 3.8) is 0 Å². The van der Waals surface area contributed by atoms with Crippen LogP contribution in [-0.2, 0) is 19.5 Å². The Morgan fingerprint density at radius 2 is 1.90 bits per heavy atom. The minimum absolute atomic E-state index is 0.0160. The zero-order chi connectivity index (χ0) is 20.3. The topological polar surface area (TPSA) is 124 Å². The van der Waals surface area contributed by atoms with Gasteiger partial charge in [0, 0.05) is 31.8 Å². The van der Waals surface area contributed by atoms with Crippen LogP contribution in [0.5, 0.6) is 0 Å². The third-order valence-corrected chi connectivity index (χ3v) is 6.76. The summed E-state index contributed by atoms with van der Waals surface area (Å²) >= 11 is 0. The van der Waals surface area contributed by atoms with Crippen molar-refractivity contribution in [2.24, 2.45) is 0 Å². The number of sulfonamides is 1. The van der Waals surface area contributed by atoms with Crippen LogP contribution in [0, 0.1) is 0 Å². The summed E-state index contributed by atoms with van der Waals surface area (Å²) in [5.74, 6) is -0.476. The van der Waals surface area contributed by atoms with Gasteiger partial charge in [-0.2, -0.15) is 4.31 Å². The largest absolute Gasteiger partial charge is 0.412 e. The van der Waals surface area contributed by atoms with Crippen LogP contribution in [0.1, 0.15) is 23.5 Å². The van der Waals surface area contributed by atoms with Gasteiger partial charge in [0.1, 0.15) is 0 Å². The van der Waals surface area contributed by atoms with E-state index in [0.717, 1.165) is 12.8 Å². The smallest absolute Gasteiger partial charge is 0.308 e. The lowest BCUT2D eigenvalue weighted by molar-refractivity contribution is 0.0730. The van der Waals surface area contributed by atoms with Crippen molar-refractivity contribution in [3.05, 3.63) is 30.2 Å². The number of carbonyl (C=O) groups excluding carboxylic acids is 1. The van der Waals surface area contributed by atoms with Gasteiger partial charge in [0.2, 0.25) is 15.9 Å². The van der Waals surface area contributed by atoms with Gasteiger partial charge in [0.25, 0.3) is 0 Å². The number of nitrogens with zero attached hydrogens (tertiary/aromatic N) is 3. The summed E-state index contributed by atoms with van der Waals surface area (Å²) in [4.78, 5) is 12.3. The molecule has 3 heterocycles. The summed E-state index contributed by atoms with van der Waals surface area (Å²) in [6.07, 6.45) is 1.92. The predicted molar refractivity (Wildman–Crippen MR) is 101 cm³/mol. The number of aromatic nitrogens is 2. The Morgan fingerprint density at radius 3 is 2.59 bits per heavy atom. The van der Waals surface area contributed by atoms with Crippen LogP contribution < -0.4 is 5.32 Å². The van der Waals surface area contributed by atoms with Gasteiger partial charge >= 0.3 is 11.8 Å². The minimum Gasteiger partial charge on any atom is -0.412 e. The highest BCUT2D eigenvalue weighted by molar-refractivity contribution is 7.89. The quantitative estimate of drug-likeness (QED) is 0.720. The second-order valence-electron chi connectivity index (χ2n) is 6.80. The molecule has 1 unspecified atom stereocenters. The van der Waals surface area contributed by atoms with Crippen LogP contribution >= 0.6 is 0 Å². The van der Waals surface area contributed by atoms with E-state index >= 15 is 0 Å². The van der Waals surface area contributed by atoms with Crippen molar-refractivity contribution in [1.82, 2.24) is 19.8 Å². The third-order valence-electron chi connectivity index (χ3n) is 4.84. The summed E-state index contributed by atoms with van der Waals surface area (Å²) in [6, 6.07) is 6.13. The molecule has 1 amide bonds. The van der Waals surface area contributed by atoms with Crippen LogP contribution in [0.3, 0.4) is 0 Å². The van der Waals surface area contributed by atoms with Gasteiger partial charge in [0.15, 0.2) is 0 Å². The fourth-order valence-corrected chi connectivity index (χ4v) is 4.63. The first-order chi connectivity index (χ1) is 14.0. The number of hydrogen-bond donors (Lipinski definition) is 1. The Bertz CT molecular complexity index is 947. The summed E-state index contributed by atoms with van der Waals surface area (Å²) in [6.45, 7) is 2.54. The third kappa shape index (κ3) is 4.47. The van der Waals surface area contributed by atoms with Crippen LogP contribution in [0.15, 0.2) is 33.6 Å². The van der Waals surface area contributed by atoms with Crippen molar-refractivity contribution in [3.8, 4) is 11.5 Å². The van der Waals surface area contributed by atoms with Gasteiger partial charge in [-0.3, -0.25) is 4.79 Å². The molecule has 2 fully saturated rings. The maximum atomic E-state index is 12.7. The molecule has 1 aromatic carbocycles. The molecule has 2 aromatic rings. The molecule has 156 valence electrons. The zero-order valence-corrected chi connectivity index (χ0v) is 16.6. The number of rotatable bonds is 6. The molecule has 0 aliphatic carbocycles. The van der Waals surface area contributed by atoms with Gasteiger partial charge in [-0.15, -0.1) is 10.2 Å². The lowest BCUT2D eigenvalue weighted by Crippen LogP contribution is -2.40. The van der Waals surface area contributed by atoms with E-state index in [9.17, 15) is 13.2 Å². The number of hydrogen-bond acceptors (Lipinski definition) is 8. The van der Waals surface area contributed by atoms with E-state index in [1.54, 1.807) is 12.1 Å². The summed E-state index contributed by atoms with van der Waals surface area (Å²) < 4.78 is 42.8. The number of morpholine rings is 1. The van der Waals surface area contributed by atoms with Gasteiger partial charge < -0.3 is 19.2 Å². The van der Waals surface area contributed by atoms with Crippen molar-refractivity contribution in [2.45, 2.75) is 23.8 Å². The zero-order valence-electron chi connectivity index (χ0n) is 15.7. The van der Waals surface area contributed by atoms with Gasteiger partial charge in [-0.05, 0) is 37.1 Å². The first-order valence-electron chi connectivity index (χ1n) is 9.46. The Kier molecular flexibility index (Phi) is 5.90. The molecule has 1 atom stereocenters. The molecule has 4 rings (SSSR count). The standard InChI is InChI=1S/C18H22N4O6S/c23-16(19-12-14-2-1-9-27-14)18-21-20-17(28-18)13-3-5-15(6-4-13)29(24,25)22-7-10-26-11-8-22/h3-6,14H,1-2,7-12H2,(H,19,23). The average Bonchev–Trinajstić information content (AvgIpc) is 3.45. The molecule has 2 aliphatic heterocycles. The van der Waals surface area contributed by atoms with E-state index < -0.39 is 15.9 Å². The normalized spacial score (nSPS) is 20.6. The van der Waals surface area contributed by atoms with Gasteiger partial charge in [-0.25, -0.2) is 8.42 Å². The maximum absolute atomic E-state index is 12.7. The molecule has 2 aliphatic rings. The Labute approximate surface area is 168 Å². The molecule has 0 radical (unpaired) electrons. The van der Waals surface area contributed by atoms with Crippen molar-refractivity contribution in [2.75, 3.05) is 39.5 Å². The maximum Gasteiger partial charge on any atom is 0.308 e. The lowest BCUT2D eigenvalue weighted by Gasteiger charge is -2.26. The van der Waals surface area contributed by atoms with Gasteiger partial charge in [0.05, 0.1) is 24.2 Å². The molecule has 1 N–H and O–H groups in total. The number of ether oxygens (including phenoxy) is 2. The van der Waals surface area contributed by atoms with Crippen LogP contribution in [0.4, 0.5) is 0 Å². The second-order valence-corrected chi connectivity index (χ2v) is 8.74. The molecule has 11 heteroatoms. The first-order valence-corrected chi connectivity index (χ1v) is 10.9.